The molecule has 104 valence electrons. The summed E-state index contributed by atoms with van der Waals surface area (Å²) < 4.78 is 0. The lowest BCUT2D eigenvalue weighted by atomic mass is 10.1. The molecule has 0 saturated carbocycles. The van der Waals surface area contributed by atoms with Gasteiger partial charge in [0.15, 0.2) is 0 Å². The van der Waals surface area contributed by atoms with Crippen molar-refractivity contribution >= 4 is 11.6 Å². The van der Waals surface area contributed by atoms with Crippen LogP contribution in [-0.4, -0.2) is 31.6 Å². The predicted octanol–water partition coefficient (Wildman–Crippen LogP) is 1.68. The van der Waals surface area contributed by atoms with Gasteiger partial charge in [-0.05, 0) is 38.1 Å². The van der Waals surface area contributed by atoms with Crippen molar-refractivity contribution in [1.82, 2.24) is 10.6 Å². The highest BCUT2D eigenvalue weighted by atomic mass is 16.2. The molecule has 1 saturated heterocycles. The van der Waals surface area contributed by atoms with E-state index < -0.39 is 0 Å². The minimum absolute atomic E-state index is 0.0919. The van der Waals surface area contributed by atoms with E-state index in [-0.39, 0.29) is 11.9 Å². The summed E-state index contributed by atoms with van der Waals surface area (Å²) in [6.07, 6.45) is 0. The van der Waals surface area contributed by atoms with Crippen LogP contribution in [0.3, 0.4) is 0 Å². The summed E-state index contributed by atoms with van der Waals surface area (Å²) in [5.74, 6) is 0.108. The van der Waals surface area contributed by atoms with Gasteiger partial charge in [-0.15, -0.1) is 0 Å². The van der Waals surface area contributed by atoms with Crippen molar-refractivity contribution in [3.05, 3.63) is 29.8 Å². The topological polar surface area (TPSA) is 44.4 Å². The number of carbonyl (C=O) groups is 1. The lowest BCUT2D eigenvalue weighted by Gasteiger charge is -2.34. The van der Waals surface area contributed by atoms with Crippen molar-refractivity contribution in [2.24, 2.45) is 0 Å². The van der Waals surface area contributed by atoms with E-state index in [2.05, 4.69) is 53.6 Å². The Bertz CT molecular complexity index is 430. The Morgan fingerprint density at radius 1 is 1.42 bits per heavy atom. The van der Waals surface area contributed by atoms with Gasteiger partial charge in [-0.25, -0.2) is 0 Å². The summed E-state index contributed by atoms with van der Waals surface area (Å²) in [5.41, 5.74) is 2.40. The van der Waals surface area contributed by atoms with E-state index >= 15 is 0 Å². The van der Waals surface area contributed by atoms with Crippen molar-refractivity contribution in [1.29, 1.82) is 0 Å². The van der Waals surface area contributed by atoms with Crippen molar-refractivity contribution in [3.63, 3.8) is 0 Å². The Kier molecular flexibility index (Phi) is 4.43. The van der Waals surface area contributed by atoms with Gasteiger partial charge in [0.1, 0.15) is 6.04 Å². The maximum absolute atomic E-state index is 11.7. The van der Waals surface area contributed by atoms with Crippen LogP contribution in [0.4, 0.5) is 5.69 Å². The number of anilines is 1. The maximum Gasteiger partial charge on any atom is 0.242 e. The van der Waals surface area contributed by atoms with Crippen molar-refractivity contribution < 1.29 is 4.79 Å². The number of nitrogens with zero attached hydrogens (tertiary/aromatic N) is 1. The molecule has 0 radical (unpaired) electrons. The van der Waals surface area contributed by atoms with E-state index in [9.17, 15) is 4.79 Å². The number of nitrogens with one attached hydrogen (secondary N) is 2. The van der Waals surface area contributed by atoms with Crippen LogP contribution in [0.15, 0.2) is 24.3 Å². The second-order valence-electron chi connectivity index (χ2n) is 5.03. The Balaban J connectivity index is 2.11. The summed E-state index contributed by atoms with van der Waals surface area (Å²) >= 11 is 0. The lowest BCUT2D eigenvalue weighted by molar-refractivity contribution is -0.122. The first kappa shape index (κ1) is 13.9. The number of piperazine rings is 1. The molecule has 2 atom stereocenters. The third-order valence-corrected chi connectivity index (χ3v) is 3.73. The quantitative estimate of drug-likeness (QED) is 0.867. The predicted molar refractivity (Wildman–Crippen MR) is 78.4 cm³/mol. The molecule has 1 aromatic rings. The molecule has 4 heteroatoms. The van der Waals surface area contributed by atoms with Gasteiger partial charge in [-0.1, -0.05) is 19.1 Å². The fraction of sp³-hybridized carbons (Fsp3) is 0.533. The molecule has 0 bridgehead atoms. The van der Waals surface area contributed by atoms with Crippen molar-refractivity contribution in [3.8, 4) is 0 Å². The molecule has 2 N–H and O–H groups in total. The van der Waals surface area contributed by atoms with E-state index in [1.807, 2.05) is 6.92 Å². The van der Waals surface area contributed by atoms with Gasteiger partial charge in [0.25, 0.3) is 0 Å². The Labute approximate surface area is 115 Å². The maximum atomic E-state index is 11.7. The molecular formula is C15H23N3O. The average Bonchev–Trinajstić information content (AvgIpc) is 2.42. The standard InChI is InChI=1S/C15H23N3O/c1-4-16-11(2)13-5-7-14(8-6-13)18-10-9-17-15(19)12(18)3/h5-8,11-12,16H,4,9-10H2,1-3H3,(H,17,19). The SMILES string of the molecule is CCNC(C)c1ccc(N2CCNC(=O)C2C)cc1. The second-order valence-corrected chi connectivity index (χ2v) is 5.03. The number of amides is 1. The molecule has 19 heavy (non-hydrogen) atoms. The van der Waals surface area contributed by atoms with Gasteiger partial charge >= 0.3 is 0 Å². The molecule has 0 spiro atoms. The molecule has 0 aromatic heterocycles. The highest BCUT2D eigenvalue weighted by Crippen LogP contribution is 2.21. The molecule has 4 nitrogen and oxygen atoms in total. The van der Waals surface area contributed by atoms with Crippen molar-refractivity contribution in [2.45, 2.75) is 32.9 Å². The molecule has 1 fully saturated rings. The van der Waals surface area contributed by atoms with E-state index in [0.29, 0.717) is 6.04 Å². The van der Waals surface area contributed by atoms with E-state index in [1.54, 1.807) is 0 Å². The Morgan fingerprint density at radius 2 is 2.11 bits per heavy atom. The molecule has 0 aliphatic carbocycles. The zero-order valence-electron chi connectivity index (χ0n) is 11.9. The van der Waals surface area contributed by atoms with E-state index in [4.69, 9.17) is 0 Å². The molecule has 1 heterocycles. The van der Waals surface area contributed by atoms with Crippen LogP contribution in [-0.2, 0) is 4.79 Å². The largest absolute Gasteiger partial charge is 0.358 e. The lowest BCUT2D eigenvalue weighted by Crippen LogP contribution is -2.54. The number of benzene rings is 1. The van der Waals surface area contributed by atoms with Gasteiger partial charge in [-0.3, -0.25) is 4.79 Å². The monoisotopic (exact) mass is 261 g/mol. The van der Waals surface area contributed by atoms with Crippen LogP contribution >= 0.6 is 0 Å². The van der Waals surface area contributed by atoms with E-state index in [1.165, 1.54) is 5.56 Å². The van der Waals surface area contributed by atoms with Crippen LogP contribution in [0, 0.1) is 0 Å². The average molecular weight is 261 g/mol. The zero-order valence-corrected chi connectivity index (χ0v) is 11.9. The van der Waals surface area contributed by atoms with Gasteiger partial charge < -0.3 is 15.5 Å². The Morgan fingerprint density at radius 3 is 2.74 bits per heavy atom. The summed E-state index contributed by atoms with van der Waals surface area (Å²) in [6.45, 7) is 8.78. The van der Waals surface area contributed by atoms with Gasteiger partial charge in [-0.2, -0.15) is 0 Å². The fourth-order valence-electron chi connectivity index (χ4n) is 2.51. The van der Waals surface area contributed by atoms with Crippen LogP contribution in [0.5, 0.6) is 0 Å². The molecular weight excluding hydrogens is 238 g/mol. The third-order valence-electron chi connectivity index (χ3n) is 3.73. The smallest absolute Gasteiger partial charge is 0.242 e. The molecule has 1 aromatic carbocycles. The number of rotatable bonds is 4. The highest BCUT2D eigenvalue weighted by Gasteiger charge is 2.25. The third kappa shape index (κ3) is 3.07. The number of hydrogen-bond donors (Lipinski definition) is 2. The highest BCUT2D eigenvalue weighted by molar-refractivity contribution is 5.86. The van der Waals surface area contributed by atoms with Crippen LogP contribution in [0.2, 0.25) is 0 Å². The summed E-state index contributed by atoms with van der Waals surface area (Å²) in [4.78, 5) is 13.8. The summed E-state index contributed by atoms with van der Waals surface area (Å²) in [5, 5.41) is 6.29. The number of hydrogen-bond acceptors (Lipinski definition) is 3. The van der Waals surface area contributed by atoms with Gasteiger partial charge in [0.2, 0.25) is 5.91 Å². The molecule has 1 aliphatic heterocycles. The Hall–Kier alpha value is -1.55. The minimum Gasteiger partial charge on any atom is -0.358 e. The van der Waals surface area contributed by atoms with Crippen LogP contribution < -0.4 is 15.5 Å². The van der Waals surface area contributed by atoms with Gasteiger partial charge in [0, 0.05) is 24.8 Å². The second kappa shape index (κ2) is 6.06. The molecule has 1 aliphatic rings. The van der Waals surface area contributed by atoms with Crippen LogP contribution in [0.25, 0.3) is 0 Å². The first-order valence-corrected chi connectivity index (χ1v) is 7.01. The fourth-order valence-corrected chi connectivity index (χ4v) is 2.51. The van der Waals surface area contributed by atoms with E-state index in [0.717, 1.165) is 25.3 Å². The first-order chi connectivity index (χ1) is 9.13. The normalized spacial score (nSPS) is 21.1. The van der Waals surface area contributed by atoms with Gasteiger partial charge in [0.05, 0.1) is 0 Å². The summed E-state index contributed by atoms with van der Waals surface area (Å²) in [6, 6.07) is 8.77. The number of carbonyl (C=O) groups excluding carboxylic acids is 1. The molecule has 1 amide bonds. The van der Waals surface area contributed by atoms with Crippen molar-refractivity contribution in [2.75, 3.05) is 24.5 Å². The van der Waals surface area contributed by atoms with Crippen LogP contribution in [0.1, 0.15) is 32.4 Å². The first-order valence-electron chi connectivity index (χ1n) is 7.01. The zero-order chi connectivity index (χ0) is 13.8. The molecule has 2 rings (SSSR count). The molecule has 2 unspecified atom stereocenters. The minimum atomic E-state index is -0.0919. The summed E-state index contributed by atoms with van der Waals surface area (Å²) in [7, 11) is 0.